The van der Waals surface area contributed by atoms with Crippen LogP contribution >= 0.6 is 12.4 Å². The van der Waals surface area contributed by atoms with Crippen LogP contribution in [0.25, 0.3) is 0 Å². The molecule has 29 heavy (non-hydrogen) atoms. The molecule has 2 aliphatic rings. The van der Waals surface area contributed by atoms with E-state index in [0.717, 1.165) is 69.3 Å². The van der Waals surface area contributed by atoms with Crippen LogP contribution in [0.15, 0.2) is 12.1 Å². The standard InChI is InChI=1S/C20H31F3N4O.ClH/c1-16-18(25-7-10-26-8-2-3-9-26)14-17(28-13-4-20(21,22)23)15-19(16)27-11-5-24-6-12-27;/h14-15,24-25H,2-13H2,1H3;1H. The van der Waals surface area contributed by atoms with Crippen LogP contribution in [-0.2, 0) is 0 Å². The van der Waals surface area contributed by atoms with E-state index in [1.54, 1.807) is 0 Å². The molecule has 0 saturated carbocycles. The quantitative estimate of drug-likeness (QED) is 0.650. The molecule has 166 valence electrons. The van der Waals surface area contributed by atoms with Gasteiger partial charge in [-0.15, -0.1) is 12.4 Å². The van der Waals surface area contributed by atoms with Gasteiger partial charge < -0.3 is 25.2 Å². The highest BCUT2D eigenvalue weighted by atomic mass is 35.5. The minimum atomic E-state index is -4.21. The van der Waals surface area contributed by atoms with Crippen LogP contribution in [-0.4, -0.2) is 70.0 Å². The van der Waals surface area contributed by atoms with Crippen LogP contribution in [0.2, 0.25) is 0 Å². The Labute approximate surface area is 177 Å². The van der Waals surface area contributed by atoms with Crippen molar-refractivity contribution in [1.29, 1.82) is 0 Å². The van der Waals surface area contributed by atoms with Gasteiger partial charge in [-0.05, 0) is 38.4 Å². The zero-order chi connectivity index (χ0) is 20.0. The van der Waals surface area contributed by atoms with E-state index in [4.69, 9.17) is 4.74 Å². The fraction of sp³-hybridized carbons (Fsp3) is 0.700. The van der Waals surface area contributed by atoms with E-state index in [1.807, 2.05) is 12.1 Å². The van der Waals surface area contributed by atoms with Gasteiger partial charge in [-0.2, -0.15) is 13.2 Å². The second-order valence-electron chi connectivity index (χ2n) is 7.54. The zero-order valence-electron chi connectivity index (χ0n) is 17.0. The lowest BCUT2D eigenvalue weighted by molar-refractivity contribution is -0.139. The molecule has 5 nitrogen and oxygen atoms in total. The number of halogens is 4. The van der Waals surface area contributed by atoms with E-state index in [0.29, 0.717) is 5.75 Å². The van der Waals surface area contributed by atoms with Crippen molar-refractivity contribution < 1.29 is 17.9 Å². The van der Waals surface area contributed by atoms with Gasteiger partial charge in [0.25, 0.3) is 0 Å². The van der Waals surface area contributed by atoms with Crippen molar-refractivity contribution in [2.24, 2.45) is 0 Å². The van der Waals surface area contributed by atoms with Crippen LogP contribution in [0.3, 0.4) is 0 Å². The summed E-state index contributed by atoms with van der Waals surface area (Å²) in [6.07, 6.45) is -2.63. The third-order valence-electron chi connectivity index (χ3n) is 5.41. The van der Waals surface area contributed by atoms with Gasteiger partial charge in [-0.1, -0.05) is 0 Å². The molecule has 0 radical (unpaired) electrons. The summed E-state index contributed by atoms with van der Waals surface area (Å²) in [7, 11) is 0. The summed E-state index contributed by atoms with van der Waals surface area (Å²) >= 11 is 0. The summed E-state index contributed by atoms with van der Waals surface area (Å²) < 4.78 is 42.9. The third-order valence-corrected chi connectivity index (χ3v) is 5.41. The Morgan fingerprint density at radius 2 is 1.79 bits per heavy atom. The monoisotopic (exact) mass is 436 g/mol. The van der Waals surface area contributed by atoms with Gasteiger partial charge >= 0.3 is 6.18 Å². The number of benzene rings is 1. The highest BCUT2D eigenvalue weighted by Gasteiger charge is 2.27. The van der Waals surface area contributed by atoms with Gasteiger partial charge in [-0.3, -0.25) is 0 Å². The summed E-state index contributed by atoms with van der Waals surface area (Å²) in [5.41, 5.74) is 3.10. The first-order valence-corrected chi connectivity index (χ1v) is 10.2. The summed E-state index contributed by atoms with van der Waals surface area (Å²) in [4.78, 5) is 4.71. The van der Waals surface area contributed by atoms with Crippen molar-refractivity contribution in [3.8, 4) is 5.75 Å². The highest BCUT2D eigenvalue weighted by molar-refractivity contribution is 5.85. The third kappa shape index (κ3) is 7.42. The molecule has 2 N–H and O–H groups in total. The van der Waals surface area contributed by atoms with Crippen molar-refractivity contribution in [2.75, 3.05) is 69.2 Å². The number of ether oxygens (including phenoxy) is 1. The largest absolute Gasteiger partial charge is 0.493 e. The Balaban J connectivity index is 0.00000300. The molecule has 1 aromatic carbocycles. The normalized spacial score (nSPS) is 17.9. The van der Waals surface area contributed by atoms with Crippen LogP contribution in [0.4, 0.5) is 24.5 Å². The van der Waals surface area contributed by atoms with Crippen LogP contribution < -0.4 is 20.3 Å². The SMILES string of the molecule is Cc1c(NCCN2CCCC2)cc(OCCC(F)(F)F)cc1N1CCNCC1.Cl. The van der Waals surface area contributed by atoms with Gasteiger partial charge in [0.15, 0.2) is 0 Å². The number of rotatable bonds is 8. The zero-order valence-corrected chi connectivity index (χ0v) is 17.8. The molecule has 0 spiro atoms. The maximum Gasteiger partial charge on any atom is 0.392 e. The van der Waals surface area contributed by atoms with E-state index < -0.39 is 12.6 Å². The van der Waals surface area contributed by atoms with E-state index >= 15 is 0 Å². The van der Waals surface area contributed by atoms with Gasteiger partial charge in [0.1, 0.15) is 5.75 Å². The van der Waals surface area contributed by atoms with Gasteiger partial charge in [-0.25, -0.2) is 0 Å². The molecule has 0 aliphatic carbocycles. The Hall–Kier alpha value is -1.38. The minimum absolute atomic E-state index is 0. The predicted octanol–water partition coefficient (Wildman–Crippen LogP) is 3.67. The first-order chi connectivity index (χ1) is 13.4. The molecule has 0 amide bonds. The molecule has 2 heterocycles. The number of nitrogens with zero attached hydrogens (tertiary/aromatic N) is 2. The molecule has 0 bridgehead atoms. The van der Waals surface area contributed by atoms with E-state index in [-0.39, 0.29) is 19.0 Å². The molecule has 9 heteroatoms. The number of alkyl halides is 3. The van der Waals surface area contributed by atoms with Gasteiger partial charge in [0.2, 0.25) is 0 Å². The molecule has 2 aliphatic heterocycles. The summed E-state index contributed by atoms with van der Waals surface area (Å²) in [5.74, 6) is 0.493. The lowest BCUT2D eigenvalue weighted by Gasteiger charge is -2.32. The molecule has 2 saturated heterocycles. The van der Waals surface area contributed by atoms with Crippen molar-refractivity contribution >= 4 is 23.8 Å². The fourth-order valence-electron chi connectivity index (χ4n) is 3.81. The van der Waals surface area contributed by atoms with Crippen LogP contribution in [0.5, 0.6) is 5.75 Å². The molecular formula is C20H32ClF3N4O. The first-order valence-electron chi connectivity index (χ1n) is 10.2. The number of anilines is 2. The number of nitrogens with one attached hydrogen (secondary N) is 2. The van der Waals surface area contributed by atoms with Crippen molar-refractivity contribution in [2.45, 2.75) is 32.4 Å². The molecule has 0 aromatic heterocycles. The number of hydrogen-bond donors (Lipinski definition) is 2. The van der Waals surface area contributed by atoms with Crippen molar-refractivity contribution in [1.82, 2.24) is 10.2 Å². The maximum absolute atomic E-state index is 12.5. The second-order valence-corrected chi connectivity index (χ2v) is 7.54. The average Bonchev–Trinajstić information content (AvgIpc) is 3.17. The second kappa shape index (κ2) is 11.1. The van der Waals surface area contributed by atoms with E-state index in [9.17, 15) is 13.2 Å². The minimum Gasteiger partial charge on any atom is -0.493 e. The lowest BCUT2D eigenvalue weighted by Crippen LogP contribution is -2.43. The van der Waals surface area contributed by atoms with E-state index in [1.165, 1.54) is 12.8 Å². The topological polar surface area (TPSA) is 39.8 Å². The Bertz CT molecular complexity index is 633. The molecule has 3 rings (SSSR count). The fourth-order valence-corrected chi connectivity index (χ4v) is 3.81. The Kier molecular flexibility index (Phi) is 9.17. The van der Waals surface area contributed by atoms with Crippen LogP contribution in [0.1, 0.15) is 24.8 Å². The summed E-state index contributed by atoms with van der Waals surface area (Å²) in [6.45, 7) is 9.33. The van der Waals surface area contributed by atoms with Gasteiger partial charge in [0.05, 0.1) is 13.0 Å². The number of piperazine rings is 1. The van der Waals surface area contributed by atoms with Crippen molar-refractivity contribution in [3.05, 3.63) is 17.7 Å². The molecular weight excluding hydrogens is 405 g/mol. The van der Waals surface area contributed by atoms with Crippen LogP contribution in [0, 0.1) is 6.92 Å². The molecule has 1 aromatic rings. The first kappa shape index (κ1) is 23.9. The number of likely N-dealkylation sites (tertiary alicyclic amines) is 1. The molecule has 0 unspecified atom stereocenters. The predicted molar refractivity (Wildman–Crippen MR) is 114 cm³/mol. The number of hydrogen-bond acceptors (Lipinski definition) is 5. The van der Waals surface area contributed by atoms with E-state index in [2.05, 4.69) is 27.4 Å². The smallest absolute Gasteiger partial charge is 0.392 e. The average molecular weight is 437 g/mol. The van der Waals surface area contributed by atoms with Gasteiger partial charge in [0, 0.05) is 62.8 Å². The van der Waals surface area contributed by atoms with Crippen molar-refractivity contribution in [3.63, 3.8) is 0 Å². The molecule has 0 atom stereocenters. The Morgan fingerprint density at radius 1 is 1.10 bits per heavy atom. The maximum atomic E-state index is 12.5. The summed E-state index contributed by atoms with van der Waals surface area (Å²) in [5, 5.41) is 6.81. The Morgan fingerprint density at radius 3 is 2.45 bits per heavy atom. The molecule has 2 fully saturated rings. The lowest BCUT2D eigenvalue weighted by atomic mass is 10.1. The summed E-state index contributed by atoms with van der Waals surface area (Å²) in [6, 6.07) is 3.71. The highest BCUT2D eigenvalue weighted by Crippen LogP contribution is 2.33.